The van der Waals surface area contributed by atoms with E-state index in [0.29, 0.717) is 23.7 Å². The van der Waals surface area contributed by atoms with E-state index in [0.717, 1.165) is 5.56 Å². The molecule has 0 aliphatic carbocycles. The van der Waals surface area contributed by atoms with Crippen LogP contribution in [0, 0.1) is 0 Å². The number of halogens is 1. The van der Waals surface area contributed by atoms with E-state index < -0.39 is 12.2 Å². The molecule has 2 aromatic rings. The molecule has 1 fully saturated rings. The summed E-state index contributed by atoms with van der Waals surface area (Å²) in [6, 6.07) is 16.5. The number of ether oxygens (including phenoxy) is 2. The zero-order valence-corrected chi connectivity index (χ0v) is 14.4. The topological polar surface area (TPSA) is 59.0 Å². The Morgan fingerprint density at radius 1 is 1.20 bits per heavy atom. The Kier molecular flexibility index (Phi) is 5.79. The highest BCUT2D eigenvalue weighted by molar-refractivity contribution is 6.30. The van der Waals surface area contributed by atoms with Crippen molar-refractivity contribution in [1.29, 1.82) is 0 Å². The van der Waals surface area contributed by atoms with Crippen LogP contribution >= 0.6 is 11.6 Å². The van der Waals surface area contributed by atoms with Crippen LogP contribution in [0.2, 0.25) is 5.02 Å². The van der Waals surface area contributed by atoms with Gasteiger partial charge in [-0.3, -0.25) is 0 Å². The Bertz CT molecular complexity index is 710. The molecule has 3 rings (SSSR count). The van der Waals surface area contributed by atoms with Gasteiger partial charge in [0.25, 0.3) is 0 Å². The highest BCUT2D eigenvalue weighted by Gasteiger charge is 2.32. The van der Waals surface area contributed by atoms with Crippen LogP contribution in [-0.4, -0.2) is 41.4 Å². The second-order valence-corrected chi connectivity index (χ2v) is 6.39. The number of hydrogen-bond donors (Lipinski definition) is 1. The van der Waals surface area contributed by atoms with Crippen LogP contribution in [0.15, 0.2) is 54.6 Å². The number of benzene rings is 2. The van der Waals surface area contributed by atoms with Crippen LogP contribution in [0.5, 0.6) is 5.75 Å². The fourth-order valence-corrected chi connectivity index (χ4v) is 2.92. The van der Waals surface area contributed by atoms with Crippen molar-refractivity contribution in [1.82, 2.24) is 4.90 Å². The van der Waals surface area contributed by atoms with Crippen molar-refractivity contribution in [2.75, 3.05) is 13.1 Å². The first kappa shape index (κ1) is 17.6. The van der Waals surface area contributed by atoms with Gasteiger partial charge >= 0.3 is 6.09 Å². The maximum absolute atomic E-state index is 12.2. The van der Waals surface area contributed by atoms with Crippen molar-refractivity contribution in [3.05, 3.63) is 65.2 Å². The van der Waals surface area contributed by atoms with Crippen molar-refractivity contribution in [2.45, 2.75) is 25.2 Å². The molecular weight excluding hydrogens is 342 g/mol. The number of carbonyl (C=O) groups excluding carboxylic acids is 1. The maximum atomic E-state index is 12.2. The molecule has 1 aliphatic rings. The molecule has 1 amide bonds. The molecule has 1 aliphatic heterocycles. The first-order valence-corrected chi connectivity index (χ1v) is 8.55. The predicted octanol–water partition coefficient (Wildman–Crippen LogP) is 3.49. The second kappa shape index (κ2) is 8.23. The number of hydrogen-bond acceptors (Lipinski definition) is 4. The molecule has 1 saturated heterocycles. The van der Waals surface area contributed by atoms with Crippen LogP contribution in [0.4, 0.5) is 4.79 Å². The molecule has 2 atom stereocenters. The van der Waals surface area contributed by atoms with Gasteiger partial charge < -0.3 is 19.5 Å². The molecule has 6 heteroatoms. The van der Waals surface area contributed by atoms with Crippen LogP contribution < -0.4 is 4.74 Å². The first-order chi connectivity index (χ1) is 12.1. The normalized spacial score (nSPS) is 20.2. The lowest BCUT2D eigenvalue weighted by atomic mass is 10.1. The Hall–Kier alpha value is -2.24. The smallest absolute Gasteiger partial charge is 0.410 e. The van der Waals surface area contributed by atoms with Crippen LogP contribution in [0.3, 0.4) is 0 Å². The number of likely N-dealkylation sites (tertiary alicyclic amines) is 1. The van der Waals surface area contributed by atoms with Gasteiger partial charge in [0.05, 0.1) is 6.54 Å². The fourth-order valence-electron chi connectivity index (χ4n) is 2.74. The summed E-state index contributed by atoms with van der Waals surface area (Å²) >= 11 is 5.94. The Balaban J connectivity index is 1.50. The number of carbonyl (C=O) groups is 1. The van der Waals surface area contributed by atoms with Crippen LogP contribution in [-0.2, 0) is 11.3 Å². The second-order valence-electron chi connectivity index (χ2n) is 5.96. The minimum Gasteiger partial charge on any atom is -0.488 e. The van der Waals surface area contributed by atoms with E-state index in [2.05, 4.69) is 0 Å². The number of aliphatic hydroxyl groups excluding tert-OH is 1. The average molecular weight is 362 g/mol. The third kappa shape index (κ3) is 4.87. The van der Waals surface area contributed by atoms with Gasteiger partial charge in [-0.05, 0) is 23.8 Å². The number of rotatable bonds is 4. The molecule has 0 saturated carbocycles. The number of nitrogens with zero attached hydrogens (tertiary/aromatic N) is 1. The van der Waals surface area contributed by atoms with Crippen molar-refractivity contribution in [3.8, 4) is 5.75 Å². The summed E-state index contributed by atoms with van der Waals surface area (Å²) < 4.78 is 11.1. The quantitative estimate of drug-likeness (QED) is 0.905. The molecule has 5 nitrogen and oxygen atoms in total. The summed E-state index contributed by atoms with van der Waals surface area (Å²) in [4.78, 5) is 13.7. The predicted molar refractivity (Wildman–Crippen MR) is 94.7 cm³/mol. The van der Waals surface area contributed by atoms with E-state index >= 15 is 0 Å². The number of β-amino-alcohol motifs (C(OH)–C–C–N with tert-alkyl or cyclic N) is 1. The zero-order valence-electron chi connectivity index (χ0n) is 13.7. The third-order valence-electron chi connectivity index (χ3n) is 4.07. The number of piperidine rings is 1. The first-order valence-electron chi connectivity index (χ1n) is 8.18. The molecule has 2 aromatic carbocycles. The Morgan fingerprint density at radius 3 is 2.72 bits per heavy atom. The van der Waals surface area contributed by atoms with Crippen LogP contribution in [0.25, 0.3) is 0 Å². The van der Waals surface area contributed by atoms with Crippen molar-refractivity contribution >= 4 is 17.7 Å². The SMILES string of the molecule is O=C(OCc1ccccc1)N1CC[C@H](Oc2cccc(Cl)c2)[C@@H](O)C1. The molecule has 0 radical (unpaired) electrons. The van der Waals surface area contributed by atoms with Gasteiger partial charge in [0.2, 0.25) is 0 Å². The van der Waals surface area contributed by atoms with E-state index in [9.17, 15) is 9.90 Å². The highest BCUT2D eigenvalue weighted by atomic mass is 35.5. The monoisotopic (exact) mass is 361 g/mol. The lowest BCUT2D eigenvalue weighted by Gasteiger charge is -2.35. The molecule has 0 spiro atoms. The summed E-state index contributed by atoms with van der Waals surface area (Å²) in [5.41, 5.74) is 0.926. The van der Waals surface area contributed by atoms with E-state index in [-0.39, 0.29) is 19.3 Å². The number of amides is 1. The minimum absolute atomic E-state index is 0.179. The van der Waals surface area contributed by atoms with E-state index in [1.54, 1.807) is 24.3 Å². The van der Waals surface area contributed by atoms with Gasteiger partial charge in [-0.2, -0.15) is 0 Å². The van der Waals surface area contributed by atoms with Gasteiger partial charge in [-0.15, -0.1) is 0 Å². The van der Waals surface area contributed by atoms with Gasteiger partial charge in [0.1, 0.15) is 24.6 Å². The molecule has 25 heavy (non-hydrogen) atoms. The van der Waals surface area contributed by atoms with Crippen molar-refractivity contribution < 1.29 is 19.4 Å². The summed E-state index contributed by atoms with van der Waals surface area (Å²) in [7, 11) is 0. The molecule has 1 heterocycles. The molecule has 132 valence electrons. The summed E-state index contributed by atoms with van der Waals surface area (Å²) in [6.45, 7) is 0.865. The lowest BCUT2D eigenvalue weighted by molar-refractivity contribution is -0.0252. The largest absolute Gasteiger partial charge is 0.488 e. The maximum Gasteiger partial charge on any atom is 0.410 e. The Labute approximate surface area is 151 Å². The van der Waals surface area contributed by atoms with Gasteiger partial charge in [-0.1, -0.05) is 48.0 Å². The molecule has 0 bridgehead atoms. The molecule has 0 unspecified atom stereocenters. The van der Waals surface area contributed by atoms with Gasteiger partial charge in [0, 0.05) is 18.0 Å². The highest BCUT2D eigenvalue weighted by Crippen LogP contribution is 2.22. The zero-order chi connectivity index (χ0) is 17.6. The van der Waals surface area contributed by atoms with Gasteiger partial charge in [-0.25, -0.2) is 4.79 Å². The number of aliphatic hydroxyl groups is 1. The minimum atomic E-state index is -0.781. The van der Waals surface area contributed by atoms with E-state index in [1.807, 2.05) is 30.3 Å². The fraction of sp³-hybridized carbons (Fsp3) is 0.316. The molecule has 0 aromatic heterocycles. The molecular formula is C19H20ClNO4. The Morgan fingerprint density at radius 2 is 2.00 bits per heavy atom. The van der Waals surface area contributed by atoms with Crippen LogP contribution in [0.1, 0.15) is 12.0 Å². The lowest BCUT2D eigenvalue weighted by Crippen LogP contribution is -2.51. The third-order valence-corrected chi connectivity index (χ3v) is 4.30. The van der Waals surface area contributed by atoms with Gasteiger partial charge in [0.15, 0.2) is 0 Å². The van der Waals surface area contributed by atoms with Crippen molar-refractivity contribution in [2.24, 2.45) is 0 Å². The molecule has 1 N–H and O–H groups in total. The van der Waals surface area contributed by atoms with E-state index in [4.69, 9.17) is 21.1 Å². The summed E-state index contributed by atoms with van der Waals surface area (Å²) in [5.74, 6) is 0.608. The average Bonchev–Trinajstić information content (AvgIpc) is 2.62. The standard InChI is InChI=1S/C19H20ClNO4/c20-15-7-4-8-16(11-15)25-18-9-10-21(12-17(18)22)19(23)24-13-14-5-2-1-3-6-14/h1-8,11,17-18,22H,9-10,12-13H2/t17-,18-/m0/s1. The summed E-state index contributed by atoms with van der Waals surface area (Å²) in [5, 5.41) is 10.9. The van der Waals surface area contributed by atoms with Crippen molar-refractivity contribution in [3.63, 3.8) is 0 Å². The van der Waals surface area contributed by atoms with E-state index in [1.165, 1.54) is 4.90 Å². The summed E-state index contributed by atoms with van der Waals surface area (Å²) in [6.07, 6.45) is -1.06.